The molecule has 1 aliphatic heterocycles. The third-order valence-electron chi connectivity index (χ3n) is 3.79. The van der Waals surface area contributed by atoms with Crippen LogP contribution in [-0.2, 0) is 0 Å². The van der Waals surface area contributed by atoms with Crippen molar-refractivity contribution in [2.75, 3.05) is 19.8 Å². The SMILES string of the molecule is OCC(CO)C(O)N1CCC[C@@H]1c1cc(F)cc(F)c1. The molecule has 1 aromatic rings. The van der Waals surface area contributed by atoms with Gasteiger partial charge in [0.05, 0.1) is 13.2 Å². The number of nitrogens with zero attached hydrogens (tertiary/aromatic N) is 1. The minimum Gasteiger partial charge on any atom is -0.396 e. The van der Waals surface area contributed by atoms with E-state index in [0.717, 1.165) is 12.5 Å². The van der Waals surface area contributed by atoms with Crippen LogP contribution in [0.5, 0.6) is 0 Å². The molecule has 20 heavy (non-hydrogen) atoms. The average Bonchev–Trinajstić information content (AvgIpc) is 2.88. The van der Waals surface area contributed by atoms with E-state index < -0.39 is 23.8 Å². The van der Waals surface area contributed by atoms with Crippen molar-refractivity contribution >= 4 is 0 Å². The molecule has 1 unspecified atom stereocenters. The highest BCUT2D eigenvalue weighted by Gasteiger charge is 2.34. The number of aliphatic hydroxyl groups excluding tert-OH is 3. The van der Waals surface area contributed by atoms with Crippen molar-refractivity contribution in [3.05, 3.63) is 35.4 Å². The Bertz CT molecular complexity index is 434. The minimum absolute atomic E-state index is 0.309. The van der Waals surface area contributed by atoms with Gasteiger partial charge >= 0.3 is 0 Å². The average molecular weight is 287 g/mol. The van der Waals surface area contributed by atoms with Gasteiger partial charge in [0, 0.05) is 24.6 Å². The highest BCUT2D eigenvalue weighted by atomic mass is 19.1. The molecule has 2 atom stereocenters. The van der Waals surface area contributed by atoms with Gasteiger partial charge in [0.2, 0.25) is 0 Å². The predicted molar refractivity (Wildman–Crippen MR) is 68.7 cm³/mol. The van der Waals surface area contributed by atoms with Gasteiger partial charge in [-0.3, -0.25) is 4.90 Å². The number of halogens is 2. The summed E-state index contributed by atoms with van der Waals surface area (Å²) in [4.78, 5) is 1.67. The zero-order chi connectivity index (χ0) is 14.7. The van der Waals surface area contributed by atoms with E-state index in [9.17, 15) is 13.9 Å². The second kappa shape index (κ2) is 6.58. The van der Waals surface area contributed by atoms with Crippen LogP contribution in [0.1, 0.15) is 24.4 Å². The normalized spacial score (nSPS) is 21.6. The van der Waals surface area contributed by atoms with Crippen LogP contribution in [0, 0.1) is 17.6 Å². The Morgan fingerprint density at radius 2 is 1.75 bits per heavy atom. The molecule has 112 valence electrons. The lowest BCUT2D eigenvalue weighted by Crippen LogP contribution is -2.43. The molecule has 0 aliphatic carbocycles. The molecule has 0 bridgehead atoms. The molecule has 1 aromatic carbocycles. The highest BCUT2D eigenvalue weighted by Crippen LogP contribution is 2.35. The fraction of sp³-hybridized carbons (Fsp3) is 0.571. The van der Waals surface area contributed by atoms with E-state index in [1.807, 2.05) is 0 Å². The molecule has 1 saturated heterocycles. The summed E-state index contributed by atoms with van der Waals surface area (Å²) in [6, 6.07) is 3.01. The van der Waals surface area contributed by atoms with Gasteiger partial charge in [0.25, 0.3) is 0 Å². The summed E-state index contributed by atoms with van der Waals surface area (Å²) < 4.78 is 26.6. The standard InChI is InChI=1S/C14H19F2NO3/c15-11-4-9(5-12(16)6-11)13-2-1-3-17(13)14(20)10(7-18)8-19/h4-6,10,13-14,18-20H,1-3,7-8H2/t13-,14?/m1/s1. The van der Waals surface area contributed by atoms with Crippen LogP contribution >= 0.6 is 0 Å². The van der Waals surface area contributed by atoms with Crippen LogP contribution in [0.4, 0.5) is 8.78 Å². The Balaban J connectivity index is 2.22. The third kappa shape index (κ3) is 3.15. The molecule has 0 saturated carbocycles. The quantitative estimate of drug-likeness (QED) is 0.756. The second-order valence-electron chi connectivity index (χ2n) is 5.14. The lowest BCUT2D eigenvalue weighted by atomic mass is 10.0. The van der Waals surface area contributed by atoms with E-state index in [1.54, 1.807) is 4.90 Å². The molecule has 6 heteroatoms. The van der Waals surface area contributed by atoms with Crippen LogP contribution in [-0.4, -0.2) is 46.2 Å². The fourth-order valence-corrected chi connectivity index (χ4v) is 2.75. The first-order valence-electron chi connectivity index (χ1n) is 6.68. The first kappa shape index (κ1) is 15.3. The molecule has 0 amide bonds. The summed E-state index contributed by atoms with van der Waals surface area (Å²) in [6.07, 6.45) is 0.413. The zero-order valence-electron chi connectivity index (χ0n) is 11.0. The van der Waals surface area contributed by atoms with Crippen LogP contribution < -0.4 is 0 Å². The maximum atomic E-state index is 13.3. The van der Waals surface area contributed by atoms with Crippen molar-refractivity contribution in [3.8, 4) is 0 Å². The van der Waals surface area contributed by atoms with Gasteiger partial charge in [-0.1, -0.05) is 0 Å². The molecule has 1 heterocycles. The van der Waals surface area contributed by atoms with E-state index in [4.69, 9.17) is 10.2 Å². The van der Waals surface area contributed by atoms with E-state index >= 15 is 0 Å². The Hall–Kier alpha value is -1.08. The van der Waals surface area contributed by atoms with Crippen LogP contribution in [0.25, 0.3) is 0 Å². The van der Waals surface area contributed by atoms with Gasteiger partial charge < -0.3 is 15.3 Å². The van der Waals surface area contributed by atoms with E-state index in [0.29, 0.717) is 18.5 Å². The molecule has 0 aromatic heterocycles. The predicted octanol–water partition coefficient (Wildman–Crippen LogP) is 1.02. The lowest BCUT2D eigenvalue weighted by molar-refractivity contribution is -0.0774. The number of rotatable bonds is 5. The molecule has 4 nitrogen and oxygen atoms in total. The zero-order valence-corrected chi connectivity index (χ0v) is 11.0. The Morgan fingerprint density at radius 1 is 1.15 bits per heavy atom. The summed E-state index contributed by atoms with van der Waals surface area (Å²) in [6.45, 7) is -0.142. The molecule has 2 rings (SSSR count). The van der Waals surface area contributed by atoms with Crippen molar-refractivity contribution in [2.45, 2.75) is 25.1 Å². The van der Waals surface area contributed by atoms with Crippen molar-refractivity contribution in [2.24, 2.45) is 5.92 Å². The number of aliphatic hydroxyl groups is 3. The highest BCUT2D eigenvalue weighted by molar-refractivity contribution is 5.22. The molecule has 0 radical (unpaired) electrons. The van der Waals surface area contributed by atoms with Crippen molar-refractivity contribution < 1.29 is 24.1 Å². The van der Waals surface area contributed by atoms with Gasteiger partial charge in [-0.2, -0.15) is 0 Å². The van der Waals surface area contributed by atoms with Crippen molar-refractivity contribution in [1.82, 2.24) is 4.90 Å². The first-order chi connectivity index (χ1) is 9.56. The largest absolute Gasteiger partial charge is 0.396 e. The molecular formula is C14H19F2NO3. The molecule has 1 fully saturated rings. The number of hydrogen-bond acceptors (Lipinski definition) is 4. The number of hydrogen-bond donors (Lipinski definition) is 3. The molecule has 1 aliphatic rings. The number of likely N-dealkylation sites (tertiary alicyclic amines) is 1. The molecule has 0 spiro atoms. The Kier molecular flexibility index (Phi) is 5.04. The summed E-state index contributed by atoms with van der Waals surface area (Å²) in [7, 11) is 0. The number of benzene rings is 1. The van der Waals surface area contributed by atoms with Gasteiger partial charge in [-0.15, -0.1) is 0 Å². The molecular weight excluding hydrogens is 268 g/mol. The Labute approximate surface area is 116 Å². The summed E-state index contributed by atoms with van der Waals surface area (Å²) in [5.74, 6) is -1.99. The lowest BCUT2D eigenvalue weighted by Gasteiger charge is -2.33. The third-order valence-corrected chi connectivity index (χ3v) is 3.79. The minimum atomic E-state index is -1.04. The van der Waals surface area contributed by atoms with Crippen LogP contribution in [0.2, 0.25) is 0 Å². The smallest absolute Gasteiger partial charge is 0.126 e. The fourth-order valence-electron chi connectivity index (χ4n) is 2.75. The topological polar surface area (TPSA) is 63.9 Å². The maximum Gasteiger partial charge on any atom is 0.126 e. The van der Waals surface area contributed by atoms with Crippen molar-refractivity contribution in [3.63, 3.8) is 0 Å². The molecule has 3 N–H and O–H groups in total. The van der Waals surface area contributed by atoms with Gasteiger partial charge in [-0.05, 0) is 30.5 Å². The summed E-state index contributed by atoms with van der Waals surface area (Å²) >= 11 is 0. The van der Waals surface area contributed by atoms with Gasteiger partial charge in [0.1, 0.15) is 17.9 Å². The van der Waals surface area contributed by atoms with Crippen LogP contribution in [0.15, 0.2) is 18.2 Å². The second-order valence-corrected chi connectivity index (χ2v) is 5.14. The van der Waals surface area contributed by atoms with Gasteiger partial charge in [-0.25, -0.2) is 8.78 Å². The van der Waals surface area contributed by atoms with E-state index in [2.05, 4.69) is 0 Å². The van der Waals surface area contributed by atoms with Gasteiger partial charge in [0.15, 0.2) is 0 Å². The van der Waals surface area contributed by atoms with Crippen LogP contribution in [0.3, 0.4) is 0 Å². The Morgan fingerprint density at radius 3 is 2.30 bits per heavy atom. The van der Waals surface area contributed by atoms with E-state index in [-0.39, 0.29) is 19.3 Å². The summed E-state index contributed by atoms with van der Waals surface area (Å²) in [5.41, 5.74) is 0.466. The van der Waals surface area contributed by atoms with E-state index in [1.165, 1.54) is 12.1 Å². The first-order valence-corrected chi connectivity index (χ1v) is 6.68. The maximum absolute atomic E-state index is 13.3. The van der Waals surface area contributed by atoms with Crippen molar-refractivity contribution in [1.29, 1.82) is 0 Å². The monoisotopic (exact) mass is 287 g/mol. The summed E-state index contributed by atoms with van der Waals surface area (Å²) in [5, 5.41) is 28.5.